The van der Waals surface area contributed by atoms with Crippen molar-refractivity contribution in [3.63, 3.8) is 0 Å². The van der Waals surface area contributed by atoms with Crippen molar-refractivity contribution in [2.45, 2.75) is 44.6 Å². The molecule has 24 heavy (non-hydrogen) atoms. The Labute approximate surface area is 146 Å². The molecular formula is C20H31N3O. The summed E-state index contributed by atoms with van der Waals surface area (Å²) in [6.45, 7) is 5.73. The standard InChI is InChI=1S/C20H31N3O/c24-20(23-16-12-21-13-17-23)19(22-14-6-1-2-7-15-22)11-10-18-8-4-3-5-9-18/h3-5,8-9,19,21H,1-2,6-7,10-17H2. The Bertz CT molecular complexity index is 491. The van der Waals surface area contributed by atoms with Crippen LogP contribution >= 0.6 is 0 Å². The fourth-order valence-electron chi connectivity index (χ4n) is 3.91. The number of nitrogens with one attached hydrogen (secondary N) is 1. The van der Waals surface area contributed by atoms with E-state index in [2.05, 4.69) is 45.4 Å². The average Bonchev–Trinajstić information content (AvgIpc) is 2.93. The summed E-state index contributed by atoms with van der Waals surface area (Å²) < 4.78 is 0. The third-order valence-corrected chi connectivity index (χ3v) is 5.34. The smallest absolute Gasteiger partial charge is 0.240 e. The van der Waals surface area contributed by atoms with Crippen LogP contribution in [0, 0.1) is 0 Å². The van der Waals surface area contributed by atoms with Crippen LogP contribution in [0.25, 0.3) is 0 Å². The van der Waals surface area contributed by atoms with Crippen LogP contribution in [0.5, 0.6) is 0 Å². The molecule has 4 nitrogen and oxygen atoms in total. The van der Waals surface area contributed by atoms with Crippen molar-refractivity contribution in [1.82, 2.24) is 15.1 Å². The Morgan fingerprint density at radius 2 is 1.62 bits per heavy atom. The van der Waals surface area contributed by atoms with Crippen molar-refractivity contribution < 1.29 is 4.79 Å². The van der Waals surface area contributed by atoms with Crippen molar-refractivity contribution in [1.29, 1.82) is 0 Å². The molecule has 2 aliphatic heterocycles. The molecule has 0 aliphatic carbocycles. The van der Waals surface area contributed by atoms with Gasteiger partial charge in [0.05, 0.1) is 6.04 Å². The highest BCUT2D eigenvalue weighted by Crippen LogP contribution is 2.18. The molecule has 1 unspecified atom stereocenters. The van der Waals surface area contributed by atoms with Gasteiger partial charge in [-0.1, -0.05) is 43.2 Å². The lowest BCUT2D eigenvalue weighted by atomic mass is 10.0. The molecule has 1 N–H and O–H groups in total. The van der Waals surface area contributed by atoms with Gasteiger partial charge in [0.2, 0.25) is 5.91 Å². The van der Waals surface area contributed by atoms with Crippen LogP contribution in [0.2, 0.25) is 0 Å². The van der Waals surface area contributed by atoms with E-state index in [9.17, 15) is 4.79 Å². The van der Waals surface area contributed by atoms with E-state index in [1.54, 1.807) is 0 Å². The van der Waals surface area contributed by atoms with Gasteiger partial charge in [-0.2, -0.15) is 0 Å². The summed E-state index contributed by atoms with van der Waals surface area (Å²) in [4.78, 5) is 17.7. The number of amides is 1. The molecular weight excluding hydrogens is 298 g/mol. The van der Waals surface area contributed by atoms with E-state index in [0.717, 1.165) is 52.1 Å². The monoisotopic (exact) mass is 329 g/mol. The van der Waals surface area contributed by atoms with Crippen molar-refractivity contribution in [3.8, 4) is 0 Å². The first kappa shape index (κ1) is 17.4. The Morgan fingerprint density at radius 1 is 0.958 bits per heavy atom. The van der Waals surface area contributed by atoms with Gasteiger partial charge in [0.1, 0.15) is 0 Å². The van der Waals surface area contributed by atoms with Crippen LogP contribution in [0.15, 0.2) is 30.3 Å². The highest BCUT2D eigenvalue weighted by atomic mass is 16.2. The quantitative estimate of drug-likeness (QED) is 0.900. The van der Waals surface area contributed by atoms with Crippen LogP contribution in [0.4, 0.5) is 0 Å². The normalized spacial score (nSPS) is 21.2. The molecule has 2 heterocycles. The fraction of sp³-hybridized carbons (Fsp3) is 0.650. The van der Waals surface area contributed by atoms with Gasteiger partial charge in [-0.15, -0.1) is 0 Å². The summed E-state index contributed by atoms with van der Waals surface area (Å²) in [6.07, 6.45) is 7.01. The van der Waals surface area contributed by atoms with E-state index in [1.165, 1.54) is 31.2 Å². The van der Waals surface area contributed by atoms with E-state index in [1.807, 2.05) is 0 Å². The lowest BCUT2D eigenvalue weighted by Crippen LogP contribution is -2.54. The topological polar surface area (TPSA) is 35.6 Å². The summed E-state index contributed by atoms with van der Waals surface area (Å²) in [5.74, 6) is 0.356. The van der Waals surface area contributed by atoms with Gasteiger partial charge < -0.3 is 10.2 Å². The molecule has 0 bridgehead atoms. The van der Waals surface area contributed by atoms with Gasteiger partial charge in [0.25, 0.3) is 0 Å². The van der Waals surface area contributed by atoms with Crippen LogP contribution in [0.3, 0.4) is 0 Å². The molecule has 1 aromatic carbocycles. The number of aryl methyl sites for hydroxylation is 1. The van der Waals surface area contributed by atoms with Gasteiger partial charge in [0, 0.05) is 26.2 Å². The molecule has 0 radical (unpaired) electrons. The highest BCUT2D eigenvalue weighted by molar-refractivity contribution is 5.82. The zero-order valence-corrected chi connectivity index (χ0v) is 14.8. The van der Waals surface area contributed by atoms with E-state index >= 15 is 0 Å². The van der Waals surface area contributed by atoms with Crippen molar-refractivity contribution in [3.05, 3.63) is 35.9 Å². The summed E-state index contributed by atoms with van der Waals surface area (Å²) in [7, 11) is 0. The molecule has 0 aromatic heterocycles. The minimum atomic E-state index is 0.0569. The molecule has 2 aliphatic rings. The number of nitrogens with zero attached hydrogens (tertiary/aromatic N) is 2. The molecule has 3 rings (SSSR count). The molecule has 1 atom stereocenters. The van der Waals surface area contributed by atoms with E-state index in [-0.39, 0.29) is 6.04 Å². The first-order chi connectivity index (χ1) is 11.8. The van der Waals surface area contributed by atoms with Gasteiger partial charge >= 0.3 is 0 Å². The number of carbonyl (C=O) groups excluding carboxylic acids is 1. The summed E-state index contributed by atoms with van der Waals surface area (Å²) in [5, 5.41) is 3.35. The summed E-state index contributed by atoms with van der Waals surface area (Å²) in [6, 6.07) is 10.6. The fourth-order valence-corrected chi connectivity index (χ4v) is 3.91. The number of rotatable bonds is 5. The largest absolute Gasteiger partial charge is 0.339 e. The number of benzene rings is 1. The SMILES string of the molecule is O=C(C(CCc1ccccc1)N1CCCCCC1)N1CCNCC1. The summed E-state index contributed by atoms with van der Waals surface area (Å²) >= 11 is 0. The Kier molecular flexibility index (Phi) is 6.67. The number of hydrogen-bond donors (Lipinski definition) is 1. The molecule has 1 aromatic rings. The molecule has 4 heteroatoms. The van der Waals surface area contributed by atoms with Crippen molar-refractivity contribution in [2.75, 3.05) is 39.3 Å². The first-order valence-corrected chi connectivity index (χ1v) is 9.62. The third-order valence-electron chi connectivity index (χ3n) is 5.34. The van der Waals surface area contributed by atoms with Gasteiger partial charge in [0.15, 0.2) is 0 Å². The maximum atomic E-state index is 13.2. The lowest BCUT2D eigenvalue weighted by Gasteiger charge is -2.36. The second kappa shape index (κ2) is 9.19. The molecule has 2 fully saturated rings. The third kappa shape index (κ3) is 4.81. The second-order valence-corrected chi connectivity index (χ2v) is 7.07. The molecule has 0 spiro atoms. The van der Waals surface area contributed by atoms with Crippen molar-refractivity contribution in [2.24, 2.45) is 0 Å². The lowest BCUT2D eigenvalue weighted by molar-refractivity contribution is -0.138. The van der Waals surface area contributed by atoms with Gasteiger partial charge in [-0.3, -0.25) is 9.69 Å². The van der Waals surface area contributed by atoms with Gasteiger partial charge in [-0.05, 0) is 44.3 Å². The van der Waals surface area contributed by atoms with Crippen LogP contribution in [-0.2, 0) is 11.2 Å². The Hall–Kier alpha value is -1.39. The molecule has 132 valence electrons. The number of piperazine rings is 1. The van der Waals surface area contributed by atoms with Crippen LogP contribution < -0.4 is 5.32 Å². The van der Waals surface area contributed by atoms with Crippen molar-refractivity contribution >= 4 is 5.91 Å². The molecule has 1 amide bonds. The van der Waals surface area contributed by atoms with Crippen LogP contribution in [0.1, 0.15) is 37.7 Å². The predicted octanol–water partition coefficient (Wildman–Crippen LogP) is 2.30. The summed E-state index contributed by atoms with van der Waals surface area (Å²) in [5.41, 5.74) is 1.34. The minimum Gasteiger partial charge on any atom is -0.339 e. The zero-order valence-electron chi connectivity index (χ0n) is 14.8. The first-order valence-electron chi connectivity index (χ1n) is 9.62. The Balaban J connectivity index is 1.67. The van der Waals surface area contributed by atoms with Gasteiger partial charge in [-0.25, -0.2) is 0 Å². The van der Waals surface area contributed by atoms with E-state index in [0.29, 0.717) is 5.91 Å². The number of likely N-dealkylation sites (tertiary alicyclic amines) is 1. The van der Waals surface area contributed by atoms with Crippen LogP contribution in [-0.4, -0.2) is 61.0 Å². The maximum absolute atomic E-state index is 13.2. The molecule has 0 saturated carbocycles. The van der Waals surface area contributed by atoms with E-state index in [4.69, 9.17) is 0 Å². The maximum Gasteiger partial charge on any atom is 0.240 e. The number of carbonyl (C=O) groups is 1. The second-order valence-electron chi connectivity index (χ2n) is 7.07. The predicted molar refractivity (Wildman–Crippen MR) is 98.0 cm³/mol. The highest BCUT2D eigenvalue weighted by Gasteiger charge is 2.30. The van der Waals surface area contributed by atoms with E-state index < -0.39 is 0 Å². The minimum absolute atomic E-state index is 0.0569. The zero-order chi connectivity index (χ0) is 16.6. The average molecular weight is 329 g/mol. The molecule has 2 saturated heterocycles. The number of hydrogen-bond acceptors (Lipinski definition) is 3. The Morgan fingerprint density at radius 3 is 2.29 bits per heavy atom.